The average Bonchev–Trinajstić information content (AvgIpc) is 3.14. The lowest BCUT2D eigenvalue weighted by molar-refractivity contribution is 0.0740. The molecule has 0 bridgehead atoms. The minimum absolute atomic E-state index is 0.0710. The van der Waals surface area contributed by atoms with E-state index in [2.05, 4.69) is 10.2 Å². The van der Waals surface area contributed by atoms with Crippen molar-refractivity contribution < 1.29 is 18.0 Å². The lowest BCUT2D eigenvalue weighted by atomic mass is 10.1. The van der Waals surface area contributed by atoms with Crippen LogP contribution in [0.5, 0.6) is 0 Å². The number of amides is 1. The number of pyridine rings is 1. The molecular formula is C20H15F3N4O2. The SMILES string of the molecule is C[C@H](c1n[nH]c(=O)c2cc(F)c(F)cc12)N(C)C(=O)c1cc2c(F)cccn2c1. The van der Waals surface area contributed by atoms with Gasteiger partial charge in [-0.3, -0.25) is 9.59 Å². The minimum Gasteiger partial charge on any atom is -0.333 e. The molecule has 4 aromatic rings. The second kappa shape index (κ2) is 6.77. The first kappa shape index (κ1) is 18.7. The van der Waals surface area contributed by atoms with Crippen LogP contribution in [0.2, 0.25) is 0 Å². The van der Waals surface area contributed by atoms with Crippen LogP contribution in [0.1, 0.15) is 29.0 Å². The lowest BCUT2D eigenvalue weighted by Crippen LogP contribution is -2.31. The van der Waals surface area contributed by atoms with E-state index in [9.17, 15) is 22.8 Å². The van der Waals surface area contributed by atoms with E-state index in [4.69, 9.17) is 0 Å². The number of carbonyl (C=O) groups is 1. The molecule has 0 aliphatic rings. The Labute approximate surface area is 162 Å². The van der Waals surface area contributed by atoms with E-state index >= 15 is 0 Å². The van der Waals surface area contributed by atoms with Gasteiger partial charge in [0.1, 0.15) is 5.82 Å². The molecule has 1 atom stereocenters. The van der Waals surface area contributed by atoms with E-state index in [-0.39, 0.29) is 27.5 Å². The van der Waals surface area contributed by atoms with Crippen LogP contribution in [0, 0.1) is 17.5 Å². The Morgan fingerprint density at radius 1 is 1.14 bits per heavy atom. The van der Waals surface area contributed by atoms with Gasteiger partial charge < -0.3 is 9.30 Å². The van der Waals surface area contributed by atoms with Gasteiger partial charge in [-0.2, -0.15) is 5.10 Å². The third-order valence-electron chi connectivity index (χ3n) is 4.99. The molecule has 0 saturated heterocycles. The molecule has 1 N–H and O–H groups in total. The van der Waals surface area contributed by atoms with Gasteiger partial charge in [-0.15, -0.1) is 0 Å². The molecule has 0 unspecified atom stereocenters. The Balaban J connectivity index is 1.75. The second-order valence-electron chi connectivity index (χ2n) is 6.72. The molecule has 1 amide bonds. The molecule has 4 rings (SSSR count). The molecular weight excluding hydrogens is 385 g/mol. The summed E-state index contributed by atoms with van der Waals surface area (Å²) in [7, 11) is 1.50. The first-order valence-electron chi connectivity index (χ1n) is 8.68. The molecule has 3 heterocycles. The maximum absolute atomic E-state index is 13.9. The van der Waals surface area contributed by atoms with E-state index in [0.717, 1.165) is 12.1 Å². The van der Waals surface area contributed by atoms with Crippen LogP contribution in [-0.2, 0) is 0 Å². The van der Waals surface area contributed by atoms with Gasteiger partial charge in [0.25, 0.3) is 11.5 Å². The number of benzene rings is 1. The highest BCUT2D eigenvalue weighted by Crippen LogP contribution is 2.26. The summed E-state index contributed by atoms with van der Waals surface area (Å²) in [4.78, 5) is 26.2. The predicted molar refractivity (Wildman–Crippen MR) is 100 cm³/mol. The number of hydrogen-bond acceptors (Lipinski definition) is 3. The molecule has 3 aromatic heterocycles. The highest BCUT2D eigenvalue weighted by atomic mass is 19.2. The Kier molecular flexibility index (Phi) is 4.37. The maximum Gasteiger partial charge on any atom is 0.272 e. The van der Waals surface area contributed by atoms with Gasteiger partial charge in [0.2, 0.25) is 0 Å². The van der Waals surface area contributed by atoms with Gasteiger partial charge in [-0.25, -0.2) is 18.3 Å². The zero-order valence-corrected chi connectivity index (χ0v) is 15.4. The van der Waals surface area contributed by atoms with Crippen molar-refractivity contribution in [1.29, 1.82) is 0 Å². The average molecular weight is 400 g/mol. The van der Waals surface area contributed by atoms with Crippen molar-refractivity contribution in [2.75, 3.05) is 7.05 Å². The Morgan fingerprint density at radius 3 is 2.52 bits per heavy atom. The van der Waals surface area contributed by atoms with Crippen molar-refractivity contribution in [2.24, 2.45) is 0 Å². The molecule has 0 aliphatic carbocycles. The molecule has 0 saturated carbocycles. The van der Waals surface area contributed by atoms with E-state index in [1.807, 2.05) is 0 Å². The van der Waals surface area contributed by atoms with Crippen molar-refractivity contribution in [1.82, 2.24) is 19.5 Å². The topological polar surface area (TPSA) is 70.5 Å². The number of carbonyl (C=O) groups excluding carboxylic acids is 1. The predicted octanol–water partition coefficient (Wildman–Crippen LogP) is 3.43. The van der Waals surface area contributed by atoms with Crippen LogP contribution in [0.4, 0.5) is 13.2 Å². The zero-order valence-electron chi connectivity index (χ0n) is 15.4. The summed E-state index contributed by atoms with van der Waals surface area (Å²) in [5.74, 6) is -3.17. The zero-order chi connectivity index (χ0) is 20.9. The molecule has 29 heavy (non-hydrogen) atoms. The first-order valence-corrected chi connectivity index (χ1v) is 8.68. The molecule has 148 valence electrons. The van der Waals surface area contributed by atoms with E-state index < -0.39 is 35.0 Å². The first-order chi connectivity index (χ1) is 13.8. The van der Waals surface area contributed by atoms with Gasteiger partial charge in [-0.05, 0) is 37.3 Å². The number of H-pyrrole nitrogens is 1. The molecule has 6 nitrogen and oxygen atoms in total. The number of nitrogens with one attached hydrogen (secondary N) is 1. The molecule has 1 aromatic carbocycles. The van der Waals surface area contributed by atoms with Crippen molar-refractivity contribution >= 4 is 22.2 Å². The summed E-state index contributed by atoms with van der Waals surface area (Å²) in [5, 5.41) is 6.23. The van der Waals surface area contributed by atoms with Crippen molar-refractivity contribution in [2.45, 2.75) is 13.0 Å². The van der Waals surface area contributed by atoms with Crippen molar-refractivity contribution in [3.63, 3.8) is 0 Å². The summed E-state index contributed by atoms with van der Waals surface area (Å²) >= 11 is 0. The Morgan fingerprint density at radius 2 is 1.83 bits per heavy atom. The smallest absolute Gasteiger partial charge is 0.272 e. The van der Waals surface area contributed by atoms with Gasteiger partial charge >= 0.3 is 0 Å². The quantitative estimate of drug-likeness (QED) is 0.573. The molecule has 9 heteroatoms. The second-order valence-corrected chi connectivity index (χ2v) is 6.72. The highest BCUT2D eigenvalue weighted by Gasteiger charge is 2.24. The van der Waals surface area contributed by atoms with Crippen molar-refractivity contribution in [3.05, 3.63) is 81.8 Å². The van der Waals surface area contributed by atoms with Gasteiger partial charge in [0.05, 0.1) is 28.2 Å². The minimum atomic E-state index is -1.15. The van der Waals surface area contributed by atoms with E-state index in [0.29, 0.717) is 0 Å². The van der Waals surface area contributed by atoms with Crippen molar-refractivity contribution in [3.8, 4) is 0 Å². The maximum atomic E-state index is 13.9. The highest BCUT2D eigenvalue weighted by molar-refractivity contribution is 5.96. The van der Waals surface area contributed by atoms with Crippen LogP contribution >= 0.6 is 0 Å². The Bertz CT molecular complexity index is 1330. The van der Waals surface area contributed by atoms with E-state index in [1.54, 1.807) is 13.1 Å². The molecule has 0 fully saturated rings. The number of aromatic nitrogens is 3. The normalized spacial score (nSPS) is 12.4. The van der Waals surface area contributed by atoms with Crippen LogP contribution in [0.3, 0.4) is 0 Å². The van der Waals surface area contributed by atoms with Crippen LogP contribution < -0.4 is 5.56 Å². The van der Waals surface area contributed by atoms with Gasteiger partial charge in [0, 0.05) is 24.8 Å². The summed E-state index contributed by atoms with van der Waals surface area (Å²) in [6.07, 6.45) is 3.12. The monoisotopic (exact) mass is 400 g/mol. The van der Waals surface area contributed by atoms with Gasteiger partial charge in [0.15, 0.2) is 11.6 Å². The molecule has 0 radical (unpaired) electrons. The fourth-order valence-electron chi connectivity index (χ4n) is 3.28. The number of aromatic amines is 1. The summed E-state index contributed by atoms with van der Waals surface area (Å²) in [6, 6.07) is 5.23. The van der Waals surface area contributed by atoms with E-state index in [1.165, 1.54) is 40.7 Å². The fraction of sp³-hybridized carbons (Fsp3) is 0.150. The van der Waals surface area contributed by atoms with Crippen LogP contribution in [-0.4, -0.2) is 32.5 Å². The molecule has 0 spiro atoms. The van der Waals surface area contributed by atoms with Crippen LogP contribution in [0.25, 0.3) is 16.3 Å². The number of rotatable bonds is 3. The number of fused-ring (bicyclic) bond motifs is 2. The standard InChI is InChI=1S/C20H15F3N4O2/c1-10(18-12-7-15(22)16(23)8-13(12)19(28)25-24-18)26(2)20(29)11-6-17-14(21)4-3-5-27(17)9-11/h3-10H,1-2H3,(H,25,28)/t10-/m1/s1. The third kappa shape index (κ3) is 3.04. The lowest BCUT2D eigenvalue weighted by Gasteiger charge is -2.24. The third-order valence-corrected chi connectivity index (χ3v) is 4.99. The number of halogens is 3. The fourth-order valence-corrected chi connectivity index (χ4v) is 3.28. The number of nitrogens with zero attached hydrogens (tertiary/aromatic N) is 3. The van der Waals surface area contributed by atoms with Gasteiger partial charge in [-0.1, -0.05) is 0 Å². The Hall–Kier alpha value is -3.62. The van der Waals surface area contributed by atoms with Crippen LogP contribution in [0.15, 0.2) is 47.5 Å². The summed E-state index contributed by atoms with van der Waals surface area (Å²) < 4.78 is 42.7. The molecule has 0 aliphatic heterocycles. The summed E-state index contributed by atoms with van der Waals surface area (Å²) in [5.41, 5.74) is 0.0276. The summed E-state index contributed by atoms with van der Waals surface area (Å²) in [6.45, 7) is 1.63. The number of hydrogen-bond donors (Lipinski definition) is 1. The largest absolute Gasteiger partial charge is 0.333 e.